The van der Waals surface area contributed by atoms with Gasteiger partial charge in [0, 0.05) is 0 Å². The van der Waals surface area contributed by atoms with Crippen LogP contribution in [0.2, 0.25) is 5.21 Å². The molecule has 4 amide bonds. The molecule has 0 bridgehead atoms. The second kappa shape index (κ2) is 9.54. The number of aromatic carboxylic acids is 1. The SMILES string of the molecule is O=C1CCC(N2C(=O)c3cccc(NCCC[As]c4ccc(C(=O)O)cn4)c3C2=O)C(=O)N1. The number of aromatic nitrogens is 1. The number of nitrogens with zero attached hydrogens (tertiary/aromatic N) is 2. The Balaban J connectivity index is 1.36. The quantitative estimate of drug-likeness (QED) is 0.263. The van der Waals surface area contributed by atoms with Gasteiger partial charge in [0.05, 0.1) is 0 Å². The zero-order valence-electron chi connectivity index (χ0n) is 17.4. The van der Waals surface area contributed by atoms with Gasteiger partial charge in [0.25, 0.3) is 0 Å². The number of imide groups is 2. The molecule has 1 aromatic heterocycles. The van der Waals surface area contributed by atoms with E-state index in [4.69, 9.17) is 5.11 Å². The van der Waals surface area contributed by atoms with Crippen LogP contribution in [-0.2, 0) is 9.59 Å². The zero-order chi connectivity index (χ0) is 23.5. The van der Waals surface area contributed by atoms with Gasteiger partial charge in [-0.05, 0) is 0 Å². The fourth-order valence-corrected chi connectivity index (χ4v) is 5.58. The molecule has 4 rings (SSSR count). The third-order valence-corrected chi connectivity index (χ3v) is 7.75. The molecule has 0 spiro atoms. The molecule has 1 atom stereocenters. The van der Waals surface area contributed by atoms with Crippen LogP contribution in [0.3, 0.4) is 0 Å². The van der Waals surface area contributed by atoms with E-state index in [0.717, 1.165) is 21.0 Å². The first kappa shape index (κ1) is 22.7. The fourth-order valence-electron chi connectivity index (χ4n) is 3.76. The molecule has 0 saturated carbocycles. The Kier molecular flexibility index (Phi) is 6.55. The van der Waals surface area contributed by atoms with E-state index in [9.17, 15) is 24.0 Å². The van der Waals surface area contributed by atoms with E-state index < -0.39 is 35.6 Å². The Bertz CT molecular complexity index is 1150. The van der Waals surface area contributed by atoms with Crippen molar-refractivity contribution >= 4 is 55.5 Å². The number of carbonyl (C=O) groups excluding carboxylic acids is 4. The van der Waals surface area contributed by atoms with Gasteiger partial charge in [-0.25, -0.2) is 0 Å². The molecule has 169 valence electrons. The van der Waals surface area contributed by atoms with Crippen LogP contribution in [0.4, 0.5) is 5.69 Å². The number of fused-ring (bicyclic) bond motifs is 1. The number of pyridine rings is 1. The number of carboxylic acids is 1. The molecule has 0 aliphatic carbocycles. The van der Waals surface area contributed by atoms with Crippen molar-refractivity contribution in [3.05, 3.63) is 53.2 Å². The maximum atomic E-state index is 13.1. The van der Waals surface area contributed by atoms with Crippen LogP contribution in [0.25, 0.3) is 0 Å². The first-order chi connectivity index (χ1) is 15.9. The van der Waals surface area contributed by atoms with Crippen LogP contribution in [0.15, 0.2) is 36.5 Å². The van der Waals surface area contributed by atoms with Crippen LogP contribution in [0.5, 0.6) is 0 Å². The predicted molar refractivity (Wildman–Crippen MR) is 118 cm³/mol. The Hall–Kier alpha value is -3.52. The summed E-state index contributed by atoms with van der Waals surface area (Å²) < 4.78 is 0.887. The van der Waals surface area contributed by atoms with Gasteiger partial charge >= 0.3 is 191 Å². The molecule has 33 heavy (non-hydrogen) atoms. The molecule has 3 heterocycles. The van der Waals surface area contributed by atoms with Crippen molar-refractivity contribution in [2.75, 3.05) is 11.9 Å². The van der Waals surface area contributed by atoms with Gasteiger partial charge in [0.1, 0.15) is 0 Å². The second-order valence-electron chi connectivity index (χ2n) is 7.55. The molecule has 2 aliphatic rings. The molecule has 1 fully saturated rings. The monoisotopic (exact) mass is 511 g/mol. The van der Waals surface area contributed by atoms with Crippen LogP contribution >= 0.6 is 0 Å². The summed E-state index contributed by atoms with van der Waals surface area (Å²) in [4.78, 5) is 65.6. The van der Waals surface area contributed by atoms with E-state index in [0.29, 0.717) is 12.2 Å². The molecule has 2 aliphatic heterocycles. The maximum absolute atomic E-state index is 13.1. The van der Waals surface area contributed by atoms with E-state index in [-0.39, 0.29) is 45.3 Å². The van der Waals surface area contributed by atoms with Crippen LogP contribution in [0.1, 0.15) is 50.3 Å². The molecular weight excluding hydrogens is 491 g/mol. The standard InChI is InChI=1S/C22H20AsN4O6/c28-17-8-6-15(19(29)26-17)27-20(30)13-3-1-4-14(18(13)21(27)31)24-10-2-9-23-16-7-5-12(11-25-16)22(32)33/h1,3-5,7,11,15,24H,2,6,8-10H2,(H,32,33)(H,26,28,29). The van der Waals surface area contributed by atoms with E-state index in [2.05, 4.69) is 15.6 Å². The van der Waals surface area contributed by atoms with Crippen LogP contribution in [0, 0.1) is 0 Å². The Morgan fingerprint density at radius 3 is 2.70 bits per heavy atom. The number of anilines is 1. The number of amides is 4. The topological polar surface area (TPSA) is 146 Å². The van der Waals surface area contributed by atoms with E-state index in [1.54, 1.807) is 30.3 Å². The summed E-state index contributed by atoms with van der Waals surface area (Å²) in [6, 6.07) is 7.24. The van der Waals surface area contributed by atoms with Gasteiger partial charge in [0.2, 0.25) is 0 Å². The van der Waals surface area contributed by atoms with Crippen molar-refractivity contribution in [2.24, 2.45) is 0 Å². The second-order valence-corrected chi connectivity index (χ2v) is 10.1. The molecule has 1 radical (unpaired) electrons. The first-order valence-electron chi connectivity index (χ1n) is 10.3. The van der Waals surface area contributed by atoms with Gasteiger partial charge in [-0.15, -0.1) is 0 Å². The van der Waals surface area contributed by atoms with Gasteiger partial charge in [-0.1, -0.05) is 0 Å². The number of benzene rings is 1. The number of carbonyl (C=O) groups is 5. The van der Waals surface area contributed by atoms with Crippen molar-refractivity contribution in [1.29, 1.82) is 0 Å². The summed E-state index contributed by atoms with van der Waals surface area (Å²) in [7, 11) is 0. The fraction of sp³-hybridized carbons (Fsp3) is 0.273. The number of carboxylic acid groups (broad SMARTS) is 1. The van der Waals surface area contributed by atoms with Crippen LogP contribution in [-0.4, -0.2) is 72.9 Å². The molecule has 1 unspecified atom stereocenters. The summed E-state index contributed by atoms with van der Waals surface area (Å²) in [6.45, 7) is 0.569. The molecule has 1 aromatic carbocycles. The molecule has 10 nitrogen and oxygen atoms in total. The van der Waals surface area contributed by atoms with Gasteiger partial charge in [-0.2, -0.15) is 0 Å². The van der Waals surface area contributed by atoms with Crippen molar-refractivity contribution in [1.82, 2.24) is 15.2 Å². The van der Waals surface area contributed by atoms with Gasteiger partial charge in [-0.3, -0.25) is 4.79 Å². The predicted octanol–water partition coefficient (Wildman–Crippen LogP) is 0.431. The van der Waals surface area contributed by atoms with E-state index in [1.165, 1.54) is 6.20 Å². The molecule has 11 heteroatoms. The number of nitrogens with one attached hydrogen (secondary N) is 2. The van der Waals surface area contributed by atoms with Gasteiger partial charge in [0.15, 0.2) is 0 Å². The summed E-state index contributed by atoms with van der Waals surface area (Å²) in [5.41, 5.74) is 1.17. The van der Waals surface area contributed by atoms with Crippen LogP contribution < -0.4 is 15.1 Å². The van der Waals surface area contributed by atoms with Crippen molar-refractivity contribution in [2.45, 2.75) is 30.5 Å². The van der Waals surface area contributed by atoms with E-state index in [1.807, 2.05) is 0 Å². The number of hydrogen-bond donors (Lipinski definition) is 3. The first-order valence-corrected chi connectivity index (χ1v) is 12.6. The Morgan fingerprint density at radius 1 is 1.18 bits per heavy atom. The third-order valence-electron chi connectivity index (χ3n) is 5.39. The van der Waals surface area contributed by atoms with Gasteiger partial charge < -0.3 is 0 Å². The molecular formula is C22H20AsN4O6. The summed E-state index contributed by atoms with van der Waals surface area (Å²) in [6.07, 6.45) is 2.34. The molecule has 3 N–H and O–H groups in total. The zero-order valence-corrected chi connectivity index (χ0v) is 19.3. The average molecular weight is 511 g/mol. The normalized spacial score (nSPS) is 18.1. The number of rotatable bonds is 8. The van der Waals surface area contributed by atoms with Crippen molar-refractivity contribution < 1.29 is 29.1 Å². The Labute approximate surface area is 195 Å². The summed E-state index contributed by atoms with van der Waals surface area (Å²) in [5, 5.41) is 15.2. The third kappa shape index (κ3) is 4.66. The summed E-state index contributed by atoms with van der Waals surface area (Å²) >= 11 is -0.225. The Morgan fingerprint density at radius 2 is 2.00 bits per heavy atom. The minimum atomic E-state index is -1.01. The number of hydrogen-bond acceptors (Lipinski definition) is 7. The number of piperidine rings is 1. The van der Waals surface area contributed by atoms with Crippen molar-refractivity contribution in [3.8, 4) is 0 Å². The molecule has 2 aromatic rings. The average Bonchev–Trinajstić information content (AvgIpc) is 3.05. The summed E-state index contributed by atoms with van der Waals surface area (Å²) in [5.74, 6) is -3.13. The van der Waals surface area contributed by atoms with E-state index >= 15 is 0 Å². The minimum absolute atomic E-state index is 0.0748. The molecule has 1 saturated heterocycles. The van der Waals surface area contributed by atoms with Crippen molar-refractivity contribution in [3.63, 3.8) is 0 Å².